The summed E-state index contributed by atoms with van der Waals surface area (Å²) in [6.45, 7) is 7.22. The van der Waals surface area contributed by atoms with Crippen LogP contribution in [0.1, 0.15) is 25.8 Å². The molecule has 0 saturated heterocycles. The molecule has 0 amide bonds. The van der Waals surface area contributed by atoms with Gasteiger partial charge in [0.25, 0.3) is 5.56 Å². The van der Waals surface area contributed by atoms with Gasteiger partial charge in [-0.15, -0.1) is 0 Å². The molecule has 2 heterocycles. The molecule has 2 aromatic rings. The molecule has 0 spiro atoms. The average Bonchev–Trinajstić information content (AvgIpc) is 2.51. The number of aryl methyl sites for hydroxylation is 2. The Balaban J connectivity index is 2.38. The Morgan fingerprint density at radius 1 is 1.26 bits per heavy atom. The third-order valence-corrected chi connectivity index (χ3v) is 3.73. The van der Waals surface area contributed by atoms with Gasteiger partial charge in [-0.2, -0.15) is 0 Å². The quantitative estimate of drug-likeness (QED) is 0.808. The van der Waals surface area contributed by atoms with Crippen LogP contribution in [0.25, 0.3) is 11.0 Å². The van der Waals surface area contributed by atoms with Crippen molar-refractivity contribution in [1.29, 1.82) is 0 Å². The highest BCUT2D eigenvalue weighted by Gasteiger charge is 2.15. The lowest BCUT2D eigenvalue weighted by molar-refractivity contribution is 0.0787. The number of hydrogen-bond donors (Lipinski definition) is 1. The molecule has 2 rings (SSSR count). The van der Waals surface area contributed by atoms with Gasteiger partial charge in [0.2, 0.25) is 0 Å². The van der Waals surface area contributed by atoms with Crippen LogP contribution >= 0.6 is 0 Å². The van der Waals surface area contributed by atoms with Crippen molar-refractivity contribution < 1.29 is 4.74 Å². The van der Waals surface area contributed by atoms with E-state index in [4.69, 9.17) is 4.74 Å². The van der Waals surface area contributed by atoms with Crippen molar-refractivity contribution in [2.75, 3.05) is 18.5 Å². The zero-order chi connectivity index (χ0) is 17.1. The Bertz CT molecular complexity index is 821. The summed E-state index contributed by atoms with van der Waals surface area (Å²) in [6.07, 6.45) is 2.71. The van der Waals surface area contributed by atoms with Crippen molar-refractivity contribution in [3.05, 3.63) is 32.6 Å². The molecule has 0 aliphatic heterocycles. The Kier molecular flexibility index (Phi) is 5.20. The molecule has 2 aromatic heterocycles. The highest BCUT2D eigenvalue weighted by Crippen LogP contribution is 2.21. The van der Waals surface area contributed by atoms with Gasteiger partial charge in [0.1, 0.15) is 5.39 Å². The molecule has 0 fully saturated rings. The third kappa shape index (κ3) is 3.44. The predicted molar refractivity (Wildman–Crippen MR) is 91.2 cm³/mol. The van der Waals surface area contributed by atoms with Crippen molar-refractivity contribution in [3.8, 4) is 0 Å². The van der Waals surface area contributed by atoms with E-state index in [1.165, 1.54) is 11.6 Å². The summed E-state index contributed by atoms with van der Waals surface area (Å²) < 4.78 is 8.01. The average molecular weight is 320 g/mol. The largest absolute Gasteiger partial charge is 0.384 e. The van der Waals surface area contributed by atoms with E-state index < -0.39 is 0 Å². The number of fused-ring (bicyclic) bond motifs is 1. The fourth-order valence-corrected chi connectivity index (χ4v) is 2.46. The molecule has 0 bridgehead atoms. The minimum absolute atomic E-state index is 0.209. The van der Waals surface area contributed by atoms with E-state index in [-0.39, 0.29) is 17.4 Å². The van der Waals surface area contributed by atoms with Crippen molar-refractivity contribution in [1.82, 2.24) is 14.1 Å². The van der Waals surface area contributed by atoms with Crippen molar-refractivity contribution in [3.63, 3.8) is 0 Å². The molecule has 23 heavy (non-hydrogen) atoms. The zero-order valence-corrected chi connectivity index (χ0v) is 14.3. The van der Waals surface area contributed by atoms with E-state index in [0.29, 0.717) is 24.2 Å². The van der Waals surface area contributed by atoms with Crippen LogP contribution in [0.2, 0.25) is 0 Å². The standard InChI is InChI=1S/C16H24N4O3/c1-10(2)23-8-6-7-17-13-11(3)9-18-14-12(13)15(21)20(5)16(22)19(14)4/h9-10H,6-8H2,1-5H3,(H,17,18). The molecular weight excluding hydrogens is 296 g/mol. The van der Waals surface area contributed by atoms with Gasteiger partial charge in [-0.3, -0.25) is 13.9 Å². The van der Waals surface area contributed by atoms with Gasteiger partial charge >= 0.3 is 5.69 Å². The fraction of sp³-hybridized carbons (Fsp3) is 0.562. The minimum Gasteiger partial charge on any atom is -0.384 e. The summed E-state index contributed by atoms with van der Waals surface area (Å²) in [5, 5.41) is 3.74. The second kappa shape index (κ2) is 6.95. The molecule has 7 nitrogen and oxygen atoms in total. The van der Waals surface area contributed by atoms with E-state index in [0.717, 1.165) is 22.2 Å². The van der Waals surface area contributed by atoms with Gasteiger partial charge in [0.05, 0.1) is 11.8 Å². The lowest BCUT2D eigenvalue weighted by atomic mass is 10.2. The molecule has 1 N–H and O–H groups in total. The first kappa shape index (κ1) is 17.2. The number of ether oxygens (including phenoxy) is 1. The lowest BCUT2D eigenvalue weighted by Crippen LogP contribution is -2.37. The molecule has 0 saturated carbocycles. The molecular formula is C16H24N4O3. The van der Waals surface area contributed by atoms with Crippen LogP contribution in [0.5, 0.6) is 0 Å². The maximum atomic E-state index is 12.5. The zero-order valence-electron chi connectivity index (χ0n) is 14.3. The molecule has 0 aliphatic rings. The topological polar surface area (TPSA) is 78.2 Å². The number of hydrogen-bond acceptors (Lipinski definition) is 5. The summed E-state index contributed by atoms with van der Waals surface area (Å²) >= 11 is 0. The molecule has 0 radical (unpaired) electrons. The monoisotopic (exact) mass is 320 g/mol. The van der Waals surface area contributed by atoms with Crippen LogP contribution in [-0.4, -0.2) is 33.4 Å². The smallest absolute Gasteiger partial charge is 0.332 e. The Hall–Kier alpha value is -2.15. The molecule has 0 aromatic carbocycles. The first-order valence-corrected chi connectivity index (χ1v) is 7.75. The minimum atomic E-state index is -0.380. The number of anilines is 1. The van der Waals surface area contributed by atoms with Gasteiger partial charge in [-0.25, -0.2) is 9.78 Å². The van der Waals surface area contributed by atoms with Crippen LogP contribution in [0.4, 0.5) is 5.69 Å². The van der Waals surface area contributed by atoms with Crippen LogP contribution in [-0.2, 0) is 18.8 Å². The molecule has 0 aliphatic carbocycles. The summed E-state index contributed by atoms with van der Waals surface area (Å²) in [4.78, 5) is 28.8. The lowest BCUT2D eigenvalue weighted by Gasteiger charge is -2.14. The highest BCUT2D eigenvalue weighted by molar-refractivity contribution is 5.89. The first-order chi connectivity index (χ1) is 10.8. The van der Waals surface area contributed by atoms with E-state index >= 15 is 0 Å². The fourth-order valence-electron chi connectivity index (χ4n) is 2.46. The number of rotatable bonds is 6. The number of nitrogens with one attached hydrogen (secondary N) is 1. The number of pyridine rings is 1. The Morgan fingerprint density at radius 3 is 2.61 bits per heavy atom. The van der Waals surface area contributed by atoms with Gasteiger partial charge in [0, 0.05) is 33.4 Å². The summed E-state index contributed by atoms with van der Waals surface area (Å²) in [5.41, 5.74) is 1.29. The van der Waals surface area contributed by atoms with Crippen LogP contribution in [0, 0.1) is 6.92 Å². The Labute approximate surface area is 134 Å². The number of nitrogens with zero attached hydrogens (tertiary/aromatic N) is 3. The van der Waals surface area contributed by atoms with Crippen molar-refractivity contribution in [2.24, 2.45) is 14.1 Å². The second-order valence-corrected chi connectivity index (χ2v) is 5.92. The predicted octanol–water partition coefficient (Wildman–Crippen LogP) is 1.17. The Morgan fingerprint density at radius 2 is 1.96 bits per heavy atom. The SMILES string of the molecule is Cc1cnc2c(c1NCCCOC(C)C)c(=O)n(C)c(=O)n2C. The third-order valence-electron chi connectivity index (χ3n) is 3.73. The highest BCUT2D eigenvalue weighted by atomic mass is 16.5. The van der Waals surface area contributed by atoms with E-state index in [1.54, 1.807) is 13.2 Å². The van der Waals surface area contributed by atoms with Gasteiger partial charge in [-0.05, 0) is 32.8 Å². The van der Waals surface area contributed by atoms with Gasteiger partial charge in [0.15, 0.2) is 5.65 Å². The van der Waals surface area contributed by atoms with Gasteiger partial charge in [-0.1, -0.05) is 0 Å². The number of aromatic nitrogens is 3. The molecule has 0 unspecified atom stereocenters. The first-order valence-electron chi connectivity index (χ1n) is 7.75. The van der Waals surface area contributed by atoms with Crippen molar-refractivity contribution >= 4 is 16.7 Å². The van der Waals surface area contributed by atoms with Gasteiger partial charge < -0.3 is 10.1 Å². The van der Waals surface area contributed by atoms with Crippen molar-refractivity contribution in [2.45, 2.75) is 33.3 Å². The van der Waals surface area contributed by atoms with E-state index in [2.05, 4.69) is 10.3 Å². The van der Waals surface area contributed by atoms with E-state index in [9.17, 15) is 9.59 Å². The summed E-state index contributed by atoms with van der Waals surface area (Å²) in [6, 6.07) is 0. The normalized spacial score (nSPS) is 11.4. The molecule has 0 atom stereocenters. The van der Waals surface area contributed by atoms with Crippen LogP contribution < -0.4 is 16.6 Å². The second-order valence-electron chi connectivity index (χ2n) is 5.92. The molecule has 126 valence electrons. The van der Waals surface area contributed by atoms with E-state index in [1.807, 2.05) is 20.8 Å². The van der Waals surface area contributed by atoms with Crippen LogP contribution in [0.3, 0.4) is 0 Å². The summed E-state index contributed by atoms with van der Waals surface area (Å²) in [5.74, 6) is 0. The maximum absolute atomic E-state index is 12.5. The maximum Gasteiger partial charge on any atom is 0.332 e. The molecule has 7 heteroatoms. The summed E-state index contributed by atoms with van der Waals surface area (Å²) in [7, 11) is 3.10. The van der Waals surface area contributed by atoms with Crippen LogP contribution in [0.15, 0.2) is 15.8 Å².